The number of carbonyl (C=O) groups is 2. The highest BCUT2D eigenvalue weighted by molar-refractivity contribution is 6.39. The van der Waals surface area contributed by atoms with E-state index in [1.165, 1.54) is 12.1 Å². The van der Waals surface area contributed by atoms with E-state index in [4.69, 9.17) is 5.11 Å². The molecule has 3 heteroatoms. The zero-order valence-corrected chi connectivity index (χ0v) is 10.1. The van der Waals surface area contributed by atoms with Crippen molar-refractivity contribution in [1.82, 2.24) is 0 Å². The average molecular weight is 252 g/mol. The number of carboxylic acid groups (broad SMARTS) is 1. The van der Waals surface area contributed by atoms with Crippen molar-refractivity contribution in [2.45, 2.75) is 0 Å². The summed E-state index contributed by atoms with van der Waals surface area (Å²) >= 11 is 0. The molecule has 0 spiro atoms. The van der Waals surface area contributed by atoms with E-state index in [0.717, 1.165) is 11.1 Å². The van der Waals surface area contributed by atoms with E-state index >= 15 is 0 Å². The molecule has 0 bridgehead atoms. The van der Waals surface area contributed by atoms with Gasteiger partial charge in [0.1, 0.15) is 0 Å². The molecule has 0 aromatic heterocycles. The minimum absolute atomic E-state index is 0.185. The van der Waals surface area contributed by atoms with Crippen LogP contribution in [0.15, 0.2) is 54.6 Å². The van der Waals surface area contributed by atoms with Gasteiger partial charge >= 0.3 is 5.97 Å². The number of aliphatic carboxylic acids is 1. The van der Waals surface area contributed by atoms with Gasteiger partial charge in [0.15, 0.2) is 0 Å². The fourth-order valence-corrected chi connectivity index (χ4v) is 1.63. The van der Waals surface area contributed by atoms with E-state index < -0.39 is 11.8 Å². The second-order valence-corrected chi connectivity index (χ2v) is 4.00. The van der Waals surface area contributed by atoms with Gasteiger partial charge in [0.05, 0.1) is 0 Å². The van der Waals surface area contributed by atoms with Crippen LogP contribution in [0.5, 0.6) is 0 Å². The Labute approximate surface area is 110 Å². The summed E-state index contributed by atoms with van der Waals surface area (Å²) in [6.45, 7) is 0. The first-order valence-electron chi connectivity index (χ1n) is 5.77. The molecule has 3 nitrogen and oxygen atoms in total. The van der Waals surface area contributed by atoms with Gasteiger partial charge in [0.25, 0.3) is 5.78 Å². The Bertz CT molecular complexity index is 610. The SMILES string of the molecule is O=C(O)C(=O)c1ccc(/C=C/c2ccccc2)cc1. The number of Topliss-reactive ketones (excluding diaryl/α,β-unsaturated/α-hetero) is 1. The summed E-state index contributed by atoms with van der Waals surface area (Å²) in [5.41, 5.74) is 2.17. The van der Waals surface area contributed by atoms with Gasteiger partial charge in [0, 0.05) is 5.56 Å². The van der Waals surface area contributed by atoms with Crippen LogP contribution in [0, 0.1) is 0 Å². The Morgan fingerprint density at radius 2 is 1.32 bits per heavy atom. The number of benzene rings is 2. The van der Waals surface area contributed by atoms with Crippen molar-refractivity contribution in [3.05, 3.63) is 71.3 Å². The summed E-state index contributed by atoms with van der Waals surface area (Å²) in [6, 6.07) is 16.3. The van der Waals surface area contributed by atoms with Gasteiger partial charge in [-0.15, -0.1) is 0 Å². The lowest BCUT2D eigenvalue weighted by atomic mass is 10.1. The molecule has 0 saturated carbocycles. The Kier molecular flexibility index (Phi) is 3.88. The molecule has 19 heavy (non-hydrogen) atoms. The normalized spacial score (nSPS) is 10.5. The highest BCUT2D eigenvalue weighted by Crippen LogP contribution is 2.10. The molecule has 0 atom stereocenters. The third-order valence-electron chi connectivity index (χ3n) is 2.63. The predicted octanol–water partition coefficient (Wildman–Crippen LogP) is 3.12. The van der Waals surface area contributed by atoms with Crippen LogP contribution < -0.4 is 0 Å². The van der Waals surface area contributed by atoms with Crippen LogP contribution in [0.2, 0.25) is 0 Å². The van der Waals surface area contributed by atoms with E-state index in [-0.39, 0.29) is 5.56 Å². The number of rotatable bonds is 4. The van der Waals surface area contributed by atoms with Crippen LogP contribution in [-0.4, -0.2) is 16.9 Å². The Morgan fingerprint density at radius 1 is 0.789 bits per heavy atom. The average Bonchev–Trinajstić information content (AvgIpc) is 2.46. The minimum atomic E-state index is -1.44. The zero-order chi connectivity index (χ0) is 13.7. The Morgan fingerprint density at radius 3 is 1.84 bits per heavy atom. The van der Waals surface area contributed by atoms with Crippen LogP contribution in [0.1, 0.15) is 21.5 Å². The van der Waals surface area contributed by atoms with E-state index in [2.05, 4.69) is 0 Å². The number of carbonyl (C=O) groups excluding carboxylic acids is 1. The molecular formula is C16H12O3. The lowest BCUT2D eigenvalue weighted by Crippen LogP contribution is -2.12. The van der Waals surface area contributed by atoms with Crippen LogP contribution >= 0.6 is 0 Å². The zero-order valence-electron chi connectivity index (χ0n) is 10.1. The van der Waals surface area contributed by atoms with Gasteiger partial charge in [0.2, 0.25) is 0 Å². The monoisotopic (exact) mass is 252 g/mol. The molecule has 0 aliphatic heterocycles. The largest absolute Gasteiger partial charge is 0.475 e. The maximum Gasteiger partial charge on any atom is 0.377 e. The first-order valence-corrected chi connectivity index (χ1v) is 5.77. The van der Waals surface area contributed by atoms with Gasteiger partial charge in [-0.25, -0.2) is 4.79 Å². The molecule has 0 heterocycles. The summed E-state index contributed by atoms with van der Waals surface area (Å²) in [7, 11) is 0. The molecule has 2 rings (SSSR count). The summed E-state index contributed by atoms with van der Waals surface area (Å²) in [5.74, 6) is -2.33. The maximum atomic E-state index is 11.2. The summed E-state index contributed by atoms with van der Waals surface area (Å²) in [4.78, 5) is 21.7. The molecule has 94 valence electrons. The van der Waals surface area contributed by atoms with Crippen molar-refractivity contribution in [2.24, 2.45) is 0 Å². The van der Waals surface area contributed by atoms with Crippen molar-refractivity contribution in [1.29, 1.82) is 0 Å². The van der Waals surface area contributed by atoms with E-state index in [9.17, 15) is 9.59 Å². The Balaban J connectivity index is 2.13. The van der Waals surface area contributed by atoms with Crippen molar-refractivity contribution in [2.75, 3.05) is 0 Å². The summed E-state index contributed by atoms with van der Waals surface area (Å²) in [5, 5.41) is 8.59. The molecule has 0 aliphatic rings. The molecule has 0 unspecified atom stereocenters. The van der Waals surface area contributed by atoms with Crippen molar-refractivity contribution in [3.63, 3.8) is 0 Å². The lowest BCUT2D eigenvalue weighted by Gasteiger charge is -1.97. The molecule has 2 aromatic rings. The molecular weight excluding hydrogens is 240 g/mol. The fraction of sp³-hybridized carbons (Fsp3) is 0. The second kappa shape index (κ2) is 5.78. The smallest absolute Gasteiger partial charge is 0.377 e. The highest BCUT2D eigenvalue weighted by Gasteiger charge is 2.13. The van der Waals surface area contributed by atoms with Gasteiger partial charge in [-0.3, -0.25) is 4.79 Å². The first kappa shape index (κ1) is 12.8. The molecule has 0 fully saturated rings. The van der Waals surface area contributed by atoms with Crippen LogP contribution in [-0.2, 0) is 4.79 Å². The van der Waals surface area contributed by atoms with E-state index in [1.54, 1.807) is 12.1 Å². The van der Waals surface area contributed by atoms with E-state index in [0.29, 0.717) is 0 Å². The third kappa shape index (κ3) is 3.39. The number of hydrogen-bond acceptors (Lipinski definition) is 2. The maximum absolute atomic E-state index is 11.2. The molecule has 1 N–H and O–H groups in total. The predicted molar refractivity (Wildman–Crippen MR) is 73.8 cm³/mol. The van der Waals surface area contributed by atoms with Crippen molar-refractivity contribution >= 4 is 23.9 Å². The molecule has 0 radical (unpaired) electrons. The van der Waals surface area contributed by atoms with Crippen molar-refractivity contribution in [3.8, 4) is 0 Å². The fourth-order valence-electron chi connectivity index (χ4n) is 1.63. The quantitative estimate of drug-likeness (QED) is 0.516. The topological polar surface area (TPSA) is 54.4 Å². The van der Waals surface area contributed by atoms with Crippen LogP contribution in [0.4, 0.5) is 0 Å². The standard InChI is InChI=1S/C16H12O3/c17-15(16(18)19)14-10-8-13(9-11-14)7-6-12-4-2-1-3-5-12/h1-11H,(H,18,19)/b7-6+. The summed E-state index contributed by atoms with van der Waals surface area (Å²) < 4.78 is 0. The molecule has 0 amide bonds. The van der Waals surface area contributed by atoms with Crippen LogP contribution in [0.25, 0.3) is 12.2 Å². The van der Waals surface area contributed by atoms with Gasteiger partial charge in [-0.2, -0.15) is 0 Å². The number of ketones is 1. The Hall–Kier alpha value is -2.68. The van der Waals surface area contributed by atoms with Gasteiger partial charge < -0.3 is 5.11 Å². The van der Waals surface area contributed by atoms with Crippen LogP contribution in [0.3, 0.4) is 0 Å². The lowest BCUT2D eigenvalue weighted by molar-refractivity contribution is -0.131. The number of hydrogen-bond donors (Lipinski definition) is 1. The third-order valence-corrected chi connectivity index (χ3v) is 2.63. The second-order valence-electron chi connectivity index (χ2n) is 4.00. The molecule has 2 aromatic carbocycles. The molecule has 0 aliphatic carbocycles. The summed E-state index contributed by atoms with van der Waals surface area (Å²) in [6.07, 6.45) is 3.86. The minimum Gasteiger partial charge on any atom is -0.475 e. The van der Waals surface area contributed by atoms with Gasteiger partial charge in [-0.05, 0) is 11.1 Å². The number of carboxylic acids is 1. The van der Waals surface area contributed by atoms with E-state index in [1.807, 2.05) is 42.5 Å². The highest BCUT2D eigenvalue weighted by atomic mass is 16.4. The first-order chi connectivity index (χ1) is 9.16. The van der Waals surface area contributed by atoms with Crippen molar-refractivity contribution < 1.29 is 14.7 Å². The van der Waals surface area contributed by atoms with Gasteiger partial charge in [-0.1, -0.05) is 66.7 Å². The molecule has 0 saturated heterocycles.